The van der Waals surface area contributed by atoms with Crippen molar-refractivity contribution in [2.75, 3.05) is 5.73 Å². The van der Waals surface area contributed by atoms with Gasteiger partial charge in [0.05, 0.1) is 32.0 Å². The zero-order valence-electron chi connectivity index (χ0n) is 13.3. The van der Waals surface area contributed by atoms with Gasteiger partial charge in [0, 0.05) is 5.69 Å². The van der Waals surface area contributed by atoms with Crippen molar-refractivity contribution < 1.29 is 9.59 Å². The van der Waals surface area contributed by atoms with Crippen molar-refractivity contribution in [3.05, 3.63) is 28.3 Å². The Morgan fingerprint density at radius 3 is 2.56 bits per heavy atom. The van der Waals surface area contributed by atoms with Crippen molar-refractivity contribution in [1.82, 2.24) is 14.9 Å². The zero-order chi connectivity index (χ0) is 18.7. The predicted octanol–water partition coefficient (Wildman–Crippen LogP) is -2.53. The molecular formula is C14H10B4N4O3. The molecule has 25 heavy (non-hydrogen) atoms. The predicted molar refractivity (Wildman–Crippen MR) is 96.4 cm³/mol. The number of rotatable bonds is 1. The highest BCUT2D eigenvalue weighted by atomic mass is 16.2. The molecule has 3 N–H and O–H groups in total. The number of carbonyl (C=O) groups is 2. The molecule has 1 aliphatic heterocycles. The summed E-state index contributed by atoms with van der Waals surface area (Å²) in [7, 11) is 23.7. The van der Waals surface area contributed by atoms with E-state index in [1.54, 1.807) is 0 Å². The number of benzene rings is 1. The highest BCUT2D eigenvalue weighted by Gasteiger charge is 2.49. The van der Waals surface area contributed by atoms with Gasteiger partial charge in [-0.2, -0.15) is 0 Å². The third-order valence-electron chi connectivity index (χ3n) is 4.42. The van der Waals surface area contributed by atoms with E-state index in [-0.39, 0.29) is 27.9 Å². The quantitative estimate of drug-likeness (QED) is 0.342. The van der Waals surface area contributed by atoms with Crippen molar-refractivity contribution in [3.8, 4) is 0 Å². The number of imide groups is 1. The molecule has 1 aromatic heterocycles. The standard InChI is InChI=1S/C14H10B4N4O3/c1-4-20-9-5(15)2-3-6(19)7(9)12(24)22(4)14(18)10(17)8(16)11(23)21-13(14)25/h2-3,8,10H,19H2,1H3,(H,21,23,25). The van der Waals surface area contributed by atoms with Crippen LogP contribution in [0.3, 0.4) is 0 Å². The lowest BCUT2D eigenvalue weighted by molar-refractivity contribution is -0.137. The molecular weight excluding hydrogens is 315 g/mol. The Morgan fingerprint density at radius 1 is 1.28 bits per heavy atom. The van der Waals surface area contributed by atoms with Gasteiger partial charge in [-0.05, 0) is 18.8 Å². The van der Waals surface area contributed by atoms with E-state index in [1.807, 2.05) is 5.32 Å². The summed E-state index contributed by atoms with van der Waals surface area (Å²) in [5.41, 5.74) is 3.60. The Balaban J connectivity index is 2.40. The van der Waals surface area contributed by atoms with E-state index >= 15 is 0 Å². The molecule has 11 heteroatoms. The van der Waals surface area contributed by atoms with Crippen molar-refractivity contribution >= 4 is 65.3 Å². The van der Waals surface area contributed by atoms with E-state index < -0.39 is 34.4 Å². The molecule has 1 aromatic carbocycles. The second kappa shape index (κ2) is 5.54. The van der Waals surface area contributed by atoms with Crippen LogP contribution in [0.1, 0.15) is 5.82 Å². The summed E-state index contributed by atoms with van der Waals surface area (Å²) < 4.78 is 0.900. The van der Waals surface area contributed by atoms with Gasteiger partial charge in [0.1, 0.15) is 21.5 Å². The van der Waals surface area contributed by atoms with E-state index in [2.05, 4.69) is 4.98 Å². The van der Waals surface area contributed by atoms with Crippen LogP contribution >= 0.6 is 0 Å². The molecule has 1 aliphatic rings. The van der Waals surface area contributed by atoms with Crippen LogP contribution in [0.25, 0.3) is 10.9 Å². The average Bonchev–Trinajstić information content (AvgIpc) is 2.54. The SMILES string of the molecule is [B]c1ccc(N)c2c(=O)n(C3([B])C(=O)NC(=O)C([B])C3[B])c(C)nc12. The number of fused-ring (bicyclic) bond motifs is 1. The van der Waals surface area contributed by atoms with Gasteiger partial charge in [-0.15, -0.1) is 0 Å². The third-order valence-corrected chi connectivity index (χ3v) is 4.42. The maximum atomic E-state index is 13.1. The summed E-state index contributed by atoms with van der Waals surface area (Å²) in [5.74, 6) is -4.30. The molecule has 2 aromatic rings. The Kier molecular flexibility index (Phi) is 3.85. The van der Waals surface area contributed by atoms with E-state index in [0.717, 1.165) is 4.57 Å². The first-order valence-electron chi connectivity index (χ1n) is 7.33. The molecule has 7 nitrogen and oxygen atoms in total. The molecule has 0 saturated carbocycles. The minimum absolute atomic E-state index is 0.000830. The molecule has 3 rings (SSSR count). The number of nitrogen functional groups attached to an aromatic ring is 1. The van der Waals surface area contributed by atoms with Crippen LogP contribution in [0, 0.1) is 6.92 Å². The summed E-state index contributed by atoms with van der Waals surface area (Å²) >= 11 is 0. The van der Waals surface area contributed by atoms with E-state index in [4.69, 9.17) is 37.1 Å². The average molecular weight is 326 g/mol. The first-order chi connectivity index (χ1) is 11.6. The van der Waals surface area contributed by atoms with Crippen LogP contribution in [0.2, 0.25) is 11.6 Å². The van der Waals surface area contributed by atoms with E-state index in [1.165, 1.54) is 19.1 Å². The molecule has 3 unspecified atom stereocenters. The van der Waals surface area contributed by atoms with Gasteiger partial charge in [0.2, 0.25) is 11.8 Å². The molecule has 3 atom stereocenters. The normalized spacial score (nSPS) is 26.6. The Labute approximate surface area is 148 Å². The highest BCUT2D eigenvalue weighted by Crippen LogP contribution is 2.38. The first-order valence-corrected chi connectivity index (χ1v) is 7.33. The zero-order valence-corrected chi connectivity index (χ0v) is 13.3. The van der Waals surface area contributed by atoms with Crippen LogP contribution in [0.5, 0.6) is 0 Å². The number of aryl methyl sites for hydroxylation is 1. The van der Waals surface area contributed by atoms with Crippen molar-refractivity contribution in [3.63, 3.8) is 0 Å². The number of anilines is 1. The highest BCUT2D eigenvalue weighted by molar-refractivity contribution is 6.42. The maximum absolute atomic E-state index is 13.1. The van der Waals surface area contributed by atoms with Crippen LogP contribution in [-0.4, -0.2) is 52.8 Å². The number of nitrogens with two attached hydrogens (primary N) is 1. The molecule has 1 fully saturated rings. The fourth-order valence-corrected chi connectivity index (χ4v) is 3.01. The maximum Gasteiger partial charge on any atom is 0.263 e. The molecule has 116 valence electrons. The van der Waals surface area contributed by atoms with Gasteiger partial charge >= 0.3 is 0 Å². The van der Waals surface area contributed by atoms with Crippen LogP contribution in [0.4, 0.5) is 5.69 Å². The first kappa shape index (κ1) is 17.4. The lowest BCUT2D eigenvalue weighted by Gasteiger charge is -2.44. The van der Waals surface area contributed by atoms with Crippen molar-refractivity contribution in [1.29, 1.82) is 0 Å². The number of amides is 2. The lowest BCUT2D eigenvalue weighted by atomic mass is 9.49. The van der Waals surface area contributed by atoms with Gasteiger partial charge in [0.25, 0.3) is 5.56 Å². The molecule has 2 heterocycles. The number of nitrogens with zero attached hydrogens (tertiary/aromatic N) is 2. The number of hydrogen-bond donors (Lipinski definition) is 2. The molecule has 0 aliphatic carbocycles. The largest absolute Gasteiger partial charge is 0.398 e. The van der Waals surface area contributed by atoms with E-state index in [0.29, 0.717) is 0 Å². The summed E-state index contributed by atoms with van der Waals surface area (Å²) in [6, 6.07) is 2.96. The van der Waals surface area contributed by atoms with Gasteiger partial charge in [-0.1, -0.05) is 17.3 Å². The molecule has 0 spiro atoms. The lowest BCUT2D eigenvalue weighted by Crippen LogP contribution is -2.63. The second-order valence-corrected chi connectivity index (χ2v) is 5.96. The third kappa shape index (κ3) is 2.25. The molecule has 0 bridgehead atoms. The second-order valence-electron chi connectivity index (χ2n) is 5.96. The van der Waals surface area contributed by atoms with Crippen LogP contribution in [-0.2, 0) is 15.0 Å². The number of piperidine rings is 1. The Hall–Kier alpha value is -2.44. The van der Waals surface area contributed by atoms with Gasteiger partial charge in [0.15, 0.2) is 0 Å². The summed E-state index contributed by atoms with van der Waals surface area (Å²) in [5, 5.41) is 2.03. The van der Waals surface area contributed by atoms with Gasteiger partial charge in [-0.3, -0.25) is 24.3 Å². The Morgan fingerprint density at radius 2 is 1.92 bits per heavy atom. The molecule has 1 saturated heterocycles. The minimum atomic E-state index is -2.12. The van der Waals surface area contributed by atoms with E-state index in [9.17, 15) is 14.4 Å². The monoisotopic (exact) mass is 326 g/mol. The number of hydrogen-bond acceptors (Lipinski definition) is 5. The van der Waals surface area contributed by atoms with Gasteiger partial charge in [-0.25, -0.2) is 4.98 Å². The summed E-state index contributed by atoms with van der Waals surface area (Å²) in [4.78, 5) is 41.4. The molecule has 8 radical (unpaired) electrons. The Bertz CT molecular complexity index is 992. The van der Waals surface area contributed by atoms with Crippen LogP contribution < -0.4 is 22.1 Å². The van der Waals surface area contributed by atoms with Crippen molar-refractivity contribution in [2.45, 2.75) is 24.0 Å². The number of nitrogens with one attached hydrogen (secondary N) is 1. The summed E-state index contributed by atoms with van der Waals surface area (Å²) in [6.45, 7) is 1.46. The minimum Gasteiger partial charge on any atom is -0.398 e. The topological polar surface area (TPSA) is 107 Å². The summed E-state index contributed by atoms with van der Waals surface area (Å²) in [6.07, 6.45) is 0. The van der Waals surface area contributed by atoms with Crippen molar-refractivity contribution in [2.24, 2.45) is 0 Å². The number of carbonyl (C=O) groups excluding carboxylic acids is 2. The van der Waals surface area contributed by atoms with Gasteiger partial charge < -0.3 is 5.73 Å². The molecule has 2 amide bonds. The fourth-order valence-electron chi connectivity index (χ4n) is 3.01. The fraction of sp³-hybridized carbons (Fsp3) is 0.286. The number of aromatic nitrogens is 2. The van der Waals surface area contributed by atoms with Crippen LogP contribution in [0.15, 0.2) is 16.9 Å². The smallest absolute Gasteiger partial charge is 0.263 e.